The Morgan fingerprint density at radius 3 is 3.17 bits per heavy atom. The van der Waals surface area contributed by atoms with Gasteiger partial charge in [-0.1, -0.05) is 0 Å². The second kappa shape index (κ2) is 4.61. The average molecular weight is 244 g/mol. The Bertz CT molecular complexity index is 556. The number of imidazole rings is 1. The van der Waals surface area contributed by atoms with Crippen molar-refractivity contribution < 1.29 is 4.74 Å². The zero-order valence-corrected chi connectivity index (χ0v) is 10.8. The van der Waals surface area contributed by atoms with Gasteiger partial charge in [0.05, 0.1) is 0 Å². The van der Waals surface area contributed by atoms with Crippen LogP contribution < -0.4 is 10.3 Å². The standard InChI is InChI=1S/C12H17BN4O/c1-16-6-2-3-9(8-16)18-12-5-4-11-14-7-10(13)17(11)15-12/h4-5,7,9H,2-3,6,8,13H2,1H3. The van der Waals surface area contributed by atoms with Crippen molar-refractivity contribution in [3.05, 3.63) is 18.3 Å². The molecule has 1 unspecified atom stereocenters. The third-order valence-corrected chi connectivity index (χ3v) is 3.38. The minimum Gasteiger partial charge on any atom is -0.472 e. The van der Waals surface area contributed by atoms with E-state index in [1.165, 1.54) is 6.42 Å². The Balaban J connectivity index is 1.79. The molecule has 0 saturated carbocycles. The first-order valence-electron chi connectivity index (χ1n) is 6.39. The van der Waals surface area contributed by atoms with Gasteiger partial charge < -0.3 is 9.64 Å². The second-order valence-electron chi connectivity index (χ2n) is 4.99. The highest BCUT2D eigenvalue weighted by Crippen LogP contribution is 2.15. The van der Waals surface area contributed by atoms with Crippen molar-refractivity contribution in [3.63, 3.8) is 0 Å². The topological polar surface area (TPSA) is 42.7 Å². The average Bonchev–Trinajstić information content (AvgIpc) is 2.71. The van der Waals surface area contributed by atoms with Crippen molar-refractivity contribution in [2.75, 3.05) is 20.1 Å². The summed E-state index contributed by atoms with van der Waals surface area (Å²) in [5, 5.41) is 4.47. The first-order chi connectivity index (χ1) is 8.72. The van der Waals surface area contributed by atoms with Crippen molar-refractivity contribution >= 4 is 19.1 Å². The van der Waals surface area contributed by atoms with Crippen molar-refractivity contribution in [2.24, 2.45) is 0 Å². The number of ether oxygens (including phenoxy) is 1. The molecule has 0 radical (unpaired) electrons. The largest absolute Gasteiger partial charge is 0.472 e. The molecule has 0 aliphatic carbocycles. The van der Waals surface area contributed by atoms with Crippen LogP contribution in [0.25, 0.3) is 5.65 Å². The van der Waals surface area contributed by atoms with Gasteiger partial charge in [0.15, 0.2) is 13.5 Å². The van der Waals surface area contributed by atoms with Gasteiger partial charge in [-0.15, -0.1) is 5.10 Å². The van der Waals surface area contributed by atoms with Crippen molar-refractivity contribution in [3.8, 4) is 5.88 Å². The van der Waals surface area contributed by atoms with E-state index in [1.807, 2.05) is 30.7 Å². The molecule has 2 aromatic heterocycles. The molecule has 3 heterocycles. The molecular formula is C12H17BN4O. The normalized spacial score (nSPS) is 21.3. The molecule has 2 aromatic rings. The van der Waals surface area contributed by atoms with E-state index >= 15 is 0 Å². The maximum absolute atomic E-state index is 5.96. The lowest BCUT2D eigenvalue weighted by molar-refractivity contribution is 0.0989. The Labute approximate surface area is 107 Å². The molecule has 3 rings (SSSR count). The summed E-state index contributed by atoms with van der Waals surface area (Å²) in [7, 11) is 4.12. The van der Waals surface area contributed by atoms with E-state index < -0.39 is 0 Å². The predicted molar refractivity (Wildman–Crippen MR) is 72.3 cm³/mol. The summed E-state index contributed by atoms with van der Waals surface area (Å²) in [6.07, 6.45) is 4.36. The molecule has 0 spiro atoms. The summed E-state index contributed by atoms with van der Waals surface area (Å²) in [6.45, 7) is 2.13. The third-order valence-electron chi connectivity index (χ3n) is 3.38. The maximum atomic E-state index is 5.96. The number of fused-ring (bicyclic) bond motifs is 1. The molecule has 5 nitrogen and oxygen atoms in total. The van der Waals surface area contributed by atoms with Crippen LogP contribution in [-0.4, -0.2) is 53.6 Å². The fraction of sp³-hybridized carbons (Fsp3) is 0.500. The van der Waals surface area contributed by atoms with Crippen LogP contribution in [-0.2, 0) is 0 Å². The van der Waals surface area contributed by atoms with Crippen LogP contribution in [0.1, 0.15) is 12.8 Å². The quantitative estimate of drug-likeness (QED) is 0.665. The lowest BCUT2D eigenvalue weighted by atomic mass is 10.1. The Kier molecular flexibility index (Phi) is 2.95. The van der Waals surface area contributed by atoms with Crippen LogP contribution >= 0.6 is 0 Å². The number of hydrogen-bond acceptors (Lipinski definition) is 4. The molecule has 18 heavy (non-hydrogen) atoms. The van der Waals surface area contributed by atoms with Gasteiger partial charge in [-0.3, -0.25) is 0 Å². The van der Waals surface area contributed by atoms with Gasteiger partial charge in [0.2, 0.25) is 5.88 Å². The van der Waals surface area contributed by atoms with Gasteiger partial charge in [0.25, 0.3) is 0 Å². The summed E-state index contributed by atoms with van der Waals surface area (Å²) < 4.78 is 7.78. The van der Waals surface area contributed by atoms with Crippen LogP contribution in [0.3, 0.4) is 0 Å². The van der Waals surface area contributed by atoms with Crippen LogP contribution in [0.2, 0.25) is 0 Å². The molecule has 0 bridgehead atoms. The van der Waals surface area contributed by atoms with Crippen LogP contribution in [0.4, 0.5) is 0 Å². The highest BCUT2D eigenvalue weighted by molar-refractivity contribution is 6.30. The number of likely N-dealkylation sites (tertiary alicyclic amines) is 1. The lowest BCUT2D eigenvalue weighted by Gasteiger charge is -2.29. The number of aromatic nitrogens is 3. The maximum Gasteiger partial charge on any atom is 0.232 e. The van der Waals surface area contributed by atoms with Crippen molar-refractivity contribution in [1.29, 1.82) is 0 Å². The summed E-state index contributed by atoms with van der Waals surface area (Å²) in [4.78, 5) is 6.56. The summed E-state index contributed by atoms with van der Waals surface area (Å²) in [5.74, 6) is 0.684. The number of hydrogen-bond donors (Lipinski definition) is 0. The first kappa shape index (κ1) is 11.5. The molecule has 94 valence electrons. The molecular weight excluding hydrogens is 227 g/mol. The number of nitrogens with zero attached hydrogens (tertiary/aromatic N) is 4. The van der Waals surface area contributed by atoms with Gasteiger partial charge in [0, 0.05) is 24.4 Å². The zero-order valence-electron chi connectivity index (χ0n) is 10.8. The van der Waals surface area contributed by atoms with Gasteiger partial charge in [0.1, 0.15) is 6.10 Å². The van der Waals surface area contributed by atoms with E-state index in [-0.39, 0.29) is 6.10 Å². The number of piperidine rings is 1. The summed E-state index contributed by atoms with van der Waals surface area (Å²) in [6, 6.07) is 3.85. The number of rotatable bonds is 2. The summed E-state index contributed by atoms with van der Waals surface area (Å²) in [5.41, 5.74) is 1.89. The first-order valence-corrected chi connectivity index (χ1v) is 6.39. The minimum absolute atomic E-state index is 0.248. The smallest absolute Gasteiger partial charge is 0.232 e. The van der Waals surface area contributed by atoms with Gasteiger partial charge >= 0.3 is 0 Å². The zero-order chi connectivity index (χ0) is 12.5. The molecule has 0 amide bonds. The predicted octanol–water partition coefficient (Wildman–Crippen LogP) is -0.539. The van der Waals surface area contributed by atoms with E-state index in [1.54, 1.807) is 0 Å². The highest BCUT2D eigenvalue weighted by Gasteiger charge is 2.19. The monoisotopic (exact) mass is 244 g/mol. The Morgan fingerprint density at radius 2 is 2.33 bits per heavy atom. The van der Waals surface area contributed by atoms with E-state index in [2.05, 4.69) is 22.0 Å². The third kappa shape index (κ3) is 2.20. The molecule has 0 aromatic carbocycles. The van der Waals surface area contributed by atoms with Gasteiger partial charge in [-0.2, -0.15) is 0 Å². The van der Waals surface area contributed by atoms with E-state index in [9.17, 15) is 0 Å². The molecule has 6 heteroatoms. The van der Waals surface area contributed by atoms with Crippen LogP contribution in [0.5, 0.6) is 5.88 Å². The van der Waals surface area contributed by atoms with E-state index in [0.29, 0.717) is 5.88 Å². The van der Waals surface area contributed by atoms with Gasteiger partial charge in [-0.25, -0.2) is 9.50 Å². The van der Waals surface area contributed by atoms with Crippen molar-refractivity contribution in [2.45, 2.75) is 18.9 Å². The summed E-state index contributed by atoms with van der Waals surface area (Å²) >= 11 is 0. The molecule has 1 atom stereocenters. The van der Waals surface area contributed by atoms with Crippen LogP contribution in [0, 0.1) is 0 Å². The molecule has 1 saturated heterocycles. The molecule has 1 fully saturated rings. The SMILES string of the molecule is Bc1cnc2ccc(OC3CCCN(C)C3)nn12. The molecule has 0 N–H and O–H groups in total. The molecule has 1 aliphatic rings. The lowest BCUT2D eigenvalue weighted by Crippen LogP contribution is -2.38. The van der Waals surface area contributed by atoms with Gasteiger partial charge in [-0.05, 0) is 32.5 Å². The van der Waals surface area contributed by atoms with E-state index in [4.69, 9.17) is 4.74 Å². The number of likely N-dealkylation sites (N-methyl/N-ethyl adjacent to an activating group) is 1. The fourth-order valence-electron chi connectivity index (χ4n) is 2.42. The van der Waals surface area contributed by atoms with Crippen LogP contribution in [0.15, 0.2) is 18.3 Å². The Morgan fingerprint density at radius 1 is 1.44 bits per heavy atom. The highest BCUT2D eigenvalue weighted by atomic mass is 16.5. The fourth-order valence-corrected chi connectivity index (χ4v) is 2.42. The van der Waals surface area contributed by atoms with E-state index in [0.717, 1.165) is 30.8 Å². The molecule has 1 aliphatic heterocycles. The Hall–Kier alpha value is -1.56. The minimum atomic E-state index is 0.248. The second-order valence-corrected chi connectivity index (χ2v) is 4.99. The van der Waals surface area contributed by atoms with Crippen molar-refractivity contribution in [1.82, 2.24) is 19.5 Å².